The molecule has 0 aromatic carbocycles. The molecule has 43 heavy (non-hydrogen) atoms. The molecule has 0 aromatic heterocycles. The SMILES string of the molecule is CC/C=C\C/C=C\C/C=C\C/C=C\CCCCCCCCCCCCC(=O)OC(CCCCCC)CCCCCC(=O)O. The normalized spacial score (nSPS) is 12.8. The number of rotatable bonds is 32. The van der Waals surface area contributed by atoms with E-state index in [1.807, 2.05) is 0 Å². The first-order valence-electron chi connectivity index (χ1n) is 18.1. The molecule has 0 aliphatic rings. The quantitative estimate of drug-likeness (QED) is 0.0474. The summed E-state index contributed by atoms with van der Waals surface area (Å²) in [4.78, 5) is 23.1. The Morgan fingerprint density at radius 2 is 0.977 bits per heavy atom. The largest absolute Gasteiger partial charge is 0.481 e. The molecule has 0 rings (SSSR count). The second-order valence-corrected chi connectivity index (χ2v) is 12.0. The lowest BCUT2D eigenvalue weighted by Crippen LogP contribution is -2.18. The molecule has 0 aliphatic carbocycles. The number of hydrogen-bond acceptors (Lipinski definition) is 3. The van der Waals surface area contributed by atoms with E-state index in [0.717, 1.165) is 70.6 Å². The molecular weight excluding hydrogens is 532 g/mol. The van der Waals surface area contributed by atoms with Gasteiger partial charge >= 0.3 is 11.9 Å². The summed E-state index contributed by atoms with van der Waals surface area (Å²) >= 11 is 0. The zero-order chi connectivity index (χ0) is 31.5. The van der Waals surface area contributed by atoms with Crippen molar-refractivity contribution in [1.82, 2.24) is 0 Å². The van der Waals surface area contributed by atoms with E-state index in [0.29, 0.717) is 12.8 Å². The molecule has 0 radical (unpaired) electrons. The first-order valence-corrected chi connectivity index (χ1v) is 18.1. The minimum atomic E-state index is -0.730. The Balaban J connectivity index is 3.67. The number of ether oxygens (including phenoxy) is 1. The maximum Gasteiger partial charge on any atom is 0.306 e. The van der Waals surface area contributed by atoms with Gasteiger partial charge in [0.25, 0.3) is 0 Å². The van der Waals surface area contributed by atoms with Gasteiger partial charge in [-0.25, -0.2) is 0 Å². The van der Waals surface area contributed by atoms with E-state index >= 15 is 0 Å². The summed E-state index contributed by atoms with van der Waals surface area (Å²) in [5, 5.41) is 8.80. The van der Waals surface area contributed by atoms with Crippen LogP contribution in [-0.4, -0.2) is 23.1 Å². The van der Waals surface area contributed by atoms with Crippen LogP contribution in [0.2, 0.25) is 0 Å². The van der Waals surface area contributed by atoms with E-state index in [9.17, 15) is 9.59 Å². The lowest BCUT2D eigenvalue weighted by atomic mass is 10.0. The molecule has 0 saturated heterocycles. The minimum absolute atomic E-state index is 0.00287. The number of allylic oxidation sites excluding steroid dienone is 8. The zero-order valence-electron chi connectivity index (χ0n) is 28.3. The maximum atomic E-state index is 12.4. The molecule has 0 fully saturated rings. The molecule has 0 aromatic rings. The van der Waals surface area contributed by atoms with E-state index in [1.54, 1.807) is 0 Å². The minimum Gasteiger partial charge on any atom is -0.481 e. The zero-order valence-corrected chi connectivity index (χ0v) is 28.3. The van der Waals surface area contributed by atoms with Crippen LogP contribution < -0.4 is 0 Å². The number of unbranched alkanes of at least 4 members (excludes halogenated alkanes) is 15. The van der Waals surface area contributed by atoms with Crippen molar-refractivity contribution in [2.45, 2.75) is 187 Å². The van der Waals surface area contributed by atoms with Crippen molar-refractivity contribution in [2.75, 3.05) is 0 Å². The molecule has 0 aliphatic heterocycles. The fraction of sp³-hybridized carbons (Fsp3) is 0.744. The van der Waals surface area contributed by atoms with Gasteiger partial charge in [-0.15, -0.1) is 0 Å². The highest BCUT2D eigenvalue weighted by Crippen LogP contribution is 2.18. The van der Waals surface area contributed by atoms with Crippen LogP contribution in [0, 0.1) is 0 Å². The second kappa shape index (κ2) is 34.4. The first-order chi connectivity index (χ1) is 21.1. The van der Waals surface area contributed by atoms with Gasteiger partial charge in [-0.2, -0.15) is 0 Å². The number of carbonyl (C=O) groups excluding carboxylic acids is 1. The molecule has 0 heterocycles. The van der Waals surface area contributed by atoms with Gasteiger partial charge in [0.1, 0.15) is 6.10 Å². The van der Waals surface area contributed by atoms with Crippen molar-refractivity contribution in [3.8, 4) is 0 Å². The average Bonchev–Trinajstić information content (AvgIpc) is 2.99. The van der Waals surface area contributed by atoms with E-state index in [4.69, 9.17) is 9.84 Å². The average molecular weight is 601 g/mol. The molecule has 0 amide bonds. The number of carboxylic acid groups (broad SMARTS) is 1. The summed E-state index contributed by atoms with van der Waals surface area (Å²) in [7, 11) is 0. The molecule has 1 unspecified atom stereocenters. The Morgan fingerprint density at radius 1 is 0.535 bits per heavy atom. The lowest BCUT2D eigenvalue weighted by molar-refractivity contribution is -0.150. The summed E-state index contributed by atoms with van der Waals surface area (Å²) in [5.41, 5.74) is 0. The molecule has 0 saturated carbocycles. The Bertz CT molecular complexity index is 734. The molecule has 1 atom stereocenters. The summed E-state index contributed by atoms with van der Waals surface area (Å²) in [6, 6.07) is 0. The number of hydrogen-bond donors (Lipinski definition) is 1. The van der Waals surface area contributed by atoms with Crippen LogP contribution in [0.4, 0.5) is 0 Å². The van der Waals surface area contributed by atoms with Crippen molar-refractivity contribution in [3.05, 3.63) is 48.6 Å². The Labute approximate surface area is 266 Å². The predicted octanol–water partition coefficient (Wildman–Crippen LogP) is 12.4. The predicted molar refractivity (Wildman–Crippen MR) is 185 cm³/mol. The topological polar surface area (TPSA) is 63.6 Å². The van der Waals surface area contributed by atoms with E-state index in [1.165, 1.54) is 77.0 Å². The monoisotopic (exact) mass is 601 g/mol. The van der Waals surface area contributed by atoms with Crippen molar-refractivity contribution in [1.29, 1.82) is 0 Å². The number of esters is 1. The van der Waals surface area contributed by atoms with Gasteiger partial charge < -0.3 is 9.84 Å². The Morgan fingerprint density at radius 3 is 1.51 bits per heavy atom. The van der Waals surface area contributed by atoms with Gasteiger partial charge in [-0.05, 0) is 77.0 Å². The van der Waals surface area contributed by atoms with Gasteiger partial charge in [0.2, 0.25) is 0 Å². The standard InChI is InChI=1S/C39H68O4/c1-3-5-7-9-10-11-12-13-14-15-16-17-18-19-20-21-22-23-24-25-26-27-32-36-39(42)43-37(33-29-8-6-4-2)34-30-28-31-35-38(40)41/h5,7,10-11,13-14,16-17,37H,3-4,6,8-9,12,15,18-36H2,1-2H3,(H,40,41)/b7-5-,11-10-,14-13-,17-16-. The highest BCUT2D eigenvalue weighted by atomic mass is 16.5. The number of aliphatic carboxylic acids is 1. The van der Waals surface area contributed by atoms with Crippen LogP contribution >= 0.6 is 0 Å². The van der Waals surface area contributed by atoms with Crippen LogP contribution in [0.5, 0.6) is 0 Å². The van der Waals surface area contributed by atoms with Crippen molar-refractivity contribution >= 4 is 11.9 Å². The summed E-state index contributed by atoms with van der Waals surface area (Å²) in [5.74, 6) is -0.775. The van der Waals surface area contributed by atoms with Crippen molar-refractivity contribution in [3.63, 3.8) is 0 Å². The van der Waals surface area contributed by atoms with Gasteiger partial charge in [0.05, 0.1) is 0 Å². The highest BCUT2D eigenvalue weighted by Gasteiger charge is 2.14. The highest BCUT2D eigenvalue weighted by molar-refractivity contribution is 5.69. The van der Waals surface area contributed by atoms with Gasteiger partial charge in [-0.3, -0.25) is 9.59 Å². The van der Waals surface area contributed by atoms with Gasteiger partial charge in [0, 0.05) is 12.8 Å². The van der Waals surface area contributed by atoms with Crippen molar-refractivity contribution < 1.29 is 19.4 Å². The Hall–Kier alpha value is -2.10. The van der Waals surface area contributed by atoms with Crippen LogP contribution in [0.3, 0.4) is 0 Å². The molecule has 0 bridgehead atoms. The van der Waals surface area contributed by atoms with Crippen LogP contribution in [0.1, 0.15) is 181 Å². The van der Waals surface area contributed by atoms with Crippen LogP contribution in [0.15, 0.2) is 48.6 Å². The van der Waals surface area contributed by atoms with E-state index < -0.39 is 5.97 Å². The number of carbonyl (C=O) groups is 2. The smallest absolute Gasteiger partial charge is 0.306 e. The first kappa shape index (κ1) is 40.9. The lowest BCUT2D eigenvalue weighted by Gasteiger charge is -2.18. The Kier molecular flexibility index (Phi) is 32.7. The fourth-order valence-electron chi connectivity index (χ4n) is 5.17. The molecule has 1 N–H and O–H groups in total. The van der Waals surface area contributed by atoms with Crippen molar-refractivity contribution in [2.24, 2.45) is 0 Å². The molecule has 4 nitrogen and oxygen atoms in total. The maximum absolute atomic E-state index is 12.4. The molecule has 248 valence electrons. The van der Waals surface area contributed by atoms with Crippen LogP contribution in [-0.2, 0) is 14.3 Å². The van der Waals surface area contributed by atoms with Gasteiger partial charge in [-0.1, -0.05) is 140 Å². The second-order valence-electron chi connectivity index (χ2n) is 12.0. The van der Waals surface area contributed by atoms with Gasteiger partial charge in [0.15, 0.2) is 0 Å². The number of carboxylic acids is 1. The summed E-state index contributed by atoms with van der Waals surface area (Å²) in [6.45, 7) is 4.37. The van der Waals surface area contributed by atoms with E-state index in [-0.39, 0.29) is 18.5 Å². The molecule has 4 heteroatoms. The fourth-order valence-corrected chi connectivity index (χ4v) is 5.17. The van der Waals surface area contributed by atoms with Crippen LogP contribution in [0.25, 0.3) is 0 Å². The third-order valence-electron chi connectivity index (χ3n) is 7.82. The van der Waals surface area contributed by atoms with E-state index in [2.05, 4.69) is 62.5 Å². The molecular formula is C39H68O4. The third kappa shape index (κ3) is 34.3. The third-order valence-corrected chi connectivity index (χ3v) is 7.82. The summed E-state index contributed by atoms with van der Waals surface area (Å²) in [6.07, 6.45) is 45.8. The molecule has 0 spiro atoms. The summed E-state index contributed by atoms with van der Waals surface area (Å²) < 4.78 is 5.84.